The summed E-state index contributed by atoms with van der Waals surface area (Å²) >= 11 is 0. The van der Waals surface area contributed by atoms with Crippen LogP contribution in [0.3, 0.4) is 0 Å². The van der Waals surface area contributed by atoms with Gasteiger partial charge in [0.2, 0.25) is 5.91 Å². The lowest BCUT2D eigenvalue weighted by Gasteiger charge is -2.19. The Morgan fingerprint density at radius 3 is 2.78 bits per heavy atom. The lowest BCUT2D eigenvalue weighted by molar-refractivity contribution is -0.124. The molecule has 6 heteroatoms. The highest BCUT2D eigenvalue weighted by Crippen LogP contribution is 2.21. The Hall–Kier alpha value is -0.910. The summed E-state index contributed by atoms with van der Waals surface area (Å²) in [5.74, 6) is 0.0575. The second kappa shape index (κ2) is 5.38. The van der Waals surface area contributed by atoms with E-state index < -0.39 is 15.8 Å². The Labute approximate surface area is 108 Å². The number of hydrazone groups is 1. The highest BCUT2D eigenvalue weighted by molar-refractivity contribution is 7.91. The number of rotatable bonds is 2. The number of nitrogens with one attached hydrogen (secondary N) is 1. The van der Waals surface area contributed by atoms with Gasteiger partial charge in [0.15, 0.2) is 9.84 Å². The molecule has 0 bridgehead atoms. The standard InChI is InChI=1S/C12H20N2O3S/c1-9-3-2-4-11(7-9)13-14-12(15)10-5-6-18(16,17)8-10/h9-10H,2-8H2,1H3,(H,14,15)/b13-11+/t9-,10+/m0/s1. The molecule has 0 aromatic rings. The van der Waals surface area contributed by atoms with Crippen molar-refractivity contribution in [2.75, 3.05) is 11.5 Å². The van der Waals surface area contributed by atoms with Gasteiger partial charge in [0.1, 0.15) is 0 Å². The third-order valence-electron chi connectivity index (χ3n) is 3.67. The fraction of sp³-hybridized carbons (Fsp3) is 0.833. The second-order valence-electron chi connectivity index (χ2n) is 5.46. The summed E-state index contributed by atoms with van der Waals surface area (Å²) in [5.41, 5.74) is 3.57. The highest BCUT2D eigenvalue weighted by Gasteiger charge is 2.32. The number of carbonyl (C=O) groups excluding carboxylic acids is 1. The minimum atomic E-state index is -3.00. The number of hydrogen-bond acceptors (Lipinski definition) is 4. The zero-order chi connectivity index (χ0) is 13.2. The zero-order valence-electron chi connectivity index (χ0n) is 10.7. The van der Waals surface area contributed by atoms with Gasteiger partial charge in [0, 0.05) is 5.71 Å². The molecule has 0 aromatic heterocycles. The number of nitrogens with zero attached hydrogens (tertiary/aromatic N) is 1. The first kappa shape index (κ1) is 13.5. The molecule has 1 heterocycles. The molecule has 1 N–H and O–H groups in total. The van der Waals surface area contributed by atoms with Crippen LogP contribution in [0.1, 0.15) is 39.0 Å². The van der Waals surface area contributed by atoms with Crippen molar-refractivity contribution in [1.82, 2.24) is 5.43 Å². The van der Waals surface area contributed by atoms with Gasteiger partial charge < -0.3 is 0 Å². The summed E-state index contributed by atoms with van der Waals surface area (Å²) in [6, 6.07) is 0. The minimum Gasteiger partial charge on any atom is -0.273 e. The van der Waals surface area contributed by atoms with Crippen molar-refractivity contribution >= 4 is 21.5 Å². The largest absolute Gasteiger partial charge is 0.273 e. The first-order valence-corrected chi connectivity index (χ1v) is 8.34. The van der Waals surface area contributed by atoms with Gasteiger partial charge in [-0.05, 0) is 38.0 Å². The van der Waals surface area contributed by atoms with Gasteiger partial charge >= 0.3 is 0 Å². The predicted molar refractivity (Wildman–Crippen MR) is 70.0 cm³/mol. The summed E-state index contributed by atoms with van der Waals surface area (Å²) in [6.07, 6.45) is 4.63. The molecule has 102 valence electrons. The highest BCUT2D eigenvalue weighted by atomic mass is 32.2. The van der Waals surface area contributed by atoms with E-state index in [9.17, 15) is 13.2 Å². The molecule has 2 rings (SSSR count). The Balaban J connectivity index is 1.86. The van der Waals surface area contributed by atoms with E-state index in [2.05, 4.69) is 17.5 Å². The van der Waals surface area contributed by atoms with E-state index in [0.717, 1.165) is 25.0 Å². The fourth-order valence-corrected chi connectivity index (χ4v) is 4.33. The Morgan fingerprint density at radius 1 is 1.39 bits per heavy atom. The summed E-state index contributed by atoms with van der Waals surface area (Å²) < 4.78 is 22.6. The van der Waals surface area contributed by atoms with Crippen LogP contribution in [0.25, 0.3) is 0 Å². The zero-order valence-corrected chi connectivity index (χ0v) is 11.5. The molecular weight excluding hydrogens is 252 g/mol. The van der Waals surface area contributed by atoms with Gasteiger partial charge in [-0.25, -0.2) is 13.8 Å². The molecule has 1 aliphatic carbocycles. The second-order valence-corrected chi connectivity index (χ2v) is 7.68. The molecule has 1 aliphatic heterocycles. The van der Waals surface area contributed by atoms with Gasteiger partial charge in [-0.3, -0.25) is 4.79 Å². The van der Waals surface area contributed by atoms with E-state index in [4.69, 9.17) is 0 Å². The third-order valence-corrected chi connectivity index (χ3v) is 5.44. The van der Waals surface area contributed by atoms with Crippen molar-refractivity contribution in [2.24, 2.45) is 16.9 Å². The molecule has 18 heavy (non-hydrogen) atoms. The quantitative estimate of drug-likeness (QED) is 0.765. The number of amides is 1. The van der Waals surface area contributed by atoms with Crippen LogP contribution in [0.5, 0.6) is 0 Å². The molecule has 2 aliphatic rings. The molecular formula is C12H20N2O3S. The molecule has 0 aromatic carbocycles. The van der Waals surface area contributed by atoms with Gasteiger partial charge in [-0.15, -0.1) is 0 Å². The fourth-order valence-electron chi connectivity index (χ4n) is 2.59. The molecule has 5 nitrogen and oxygen atoms in total. The van der Waals surface area contributed by atoms with Crippen LogP contribution in [0.2, 0.25) is 0 Å². The Morgan fingerprint density at radius 2 is 2.17 bits per heavy atom. The Kier molecular flexibility index (Phi) is 4.04. The molecule has 2 fully saturated rings. The molecule has 1 saturated carbocycles. The van der Waals surface area contributed by atoms with Crippen LogP contribution in [0, 0.1) is 11.8 Å². The van der Waals surface area contributed by atoms with Crippen LogP contribution in [0.15, 0.2) is 5.10 Å². The summed E-state index contributed by atoms with van der Waals surface area (Å²) in [5, 5.41) is 4.15. The van der Waals surface area contributed by atoms with E-state index in [1.807, 2.05) is 0 Å². The van der Waals surface area contributed by atoms with E-state index >= 15 is 0 Å². The van der Waals surface area contributed by atoms with Crippen molar-refractivity contribution in [3.8, 4) is 0 Å². The maximum atomic E-state index is 11.8. The molecule has 0 unspecified atom stereocenters. The van der Waals surface area contributed by atoms with E-state index in [1.54, 1.807) is 0 Å². The smallest absolute Gasteiger partial charge is 0.244 e. The van der Waals surface area contributed by atoms with E-state index in [-0.39, 0.29) is 17.4 Å². The van der Waals surface area contributed by atoms with Crippen LogP contribution in [0.4, 0.5) is 0 Å². The van der Waals surface area contributed by atoms with Gasteiger partial charge in [0.05, 0.1) is 17.4 Å². The van der Waals surface area contributed by atoms with Crippen LogP contribution < -0.4 is 5.43 Å². The van der Waals surface area contributed by atoms with E-state index in [0.29, 0.717) is 12.3 Å². The molecule has 1 saturated heterocycles. The SMILES string of the molecule is C[C@H]1CCC/C(=N\NC(=O)[C@@H]2CCS(=O)(=O)C2)C1. The average Bonchev–Trinajstić information content (AvgIpc) is 2.67. The van der Waals surface area contributed by atoms with Gasteiger partial charge in [-0.2, -0.15) is 5.10 Å². The first-order valence-electron chi connectivity index (χ1n) is 6.52. The van der Waals surface area contributed by atoms with E-state index in [1.165, 1.54) is 6.42 Å². The maximum Gasteiger partial charge on any atom is 0.244 e. The van der Waals surface area contributed by atoms with Crippen molar-refractivity contribution < 1.29 is 13.2 Å². The third kappa shape index (κ3) is 3.54. The number of sulfone groups is 1. The van der Waals surface area contributed by atoms with Crippen LogP contribution in [-0.2, 0) is 14.6 Å². The monoisotopic (exact) mass is 272 g/mol. The predicted octanol–water partition coefficient (Wildman–Crippen LogP) is 1.10. The lowest BCUT2D eigenvalue weighted by atomic mass is 9.89. The van der Waals surface area contributed by atoms with Crippen molar-refractivity contribution in [3.63, 3.8) is 0 Å². The van der Waals surface area contributed by atoms with Crippen molar-refractivity contribution in [1.29, 1.82) is 0 Å². The van der Waals surface area contributed by atoms with Crippen molar-refractivity contribution in [3.05, 3.63) is 0 Å². The Bertz CT molecular complexity index is 456. The maximum absolute atomic E-state index is 11.8. The summed E-state index contributed by atoms with van der Waals surface area (Å²) in [6.45, 7) is 2.18. The normalized spacial score (nSPS) is 33.5. The molecule has 1 amide bonds. The minimum absolute atomic E-state index is 0.0277. The van der Waals surface area contributed by atoms with Crippen LogP contribution in [-0.4, -0.2) is 31.5 Å². The number of hydrogen-bond donors (Lipinski definition) is 1. The number of carbonyl (C=O) groups is 1. The molecule has 0 radical (unpaired) electrons. The van der Waals surface area contributed by atoms with Crippen molar-refractivity contribution in [2.45, 2.75) is 39.0 Å². The molecule has 2 atom stereocenters. The van der Waals surface area contributed by atoms with Gasteiger partial charge in [0.25, 0.3) is 0 Å². The van der Waals surface area contributed by atoms with Gasteiger partial charge in [-0.1, -0.05) is 6.92 Å². The first-order chi connectivity index (χ1) is 8.46. The average molecular weight is 272 g/mol. The topological polar surface area (TPSA) is 75.6 Å². The lowest BCUT2D eigenvalue weighted by Crippen LogP contribution is -2.29. The van der Waals surface area contributed by atoms with Crippen LogP contribution >= 0.6 is 0 Å². The summed E-state index contributed by atoms with van der Waals surface area (Å²) in [7, 11) is -3.00. The summed E-state index contributed by atoms with van der Waals surface area (Å²) in [4.78, 5) is 11.8. The molecule has 0 spiro atoms.